The van der Waals surface area contributed by atoms with Gasteiger partial charge in [-0.2, -0.15) is 5.10 Å². The molecule has 0 radical (unpaired) electrons. The standard InChI is InChI=1S/C25H23FN5OP/c1-17-9-7-8-12-22(17)29-33(32)23-18(2)28-31(21-10-5-4-6-11-21)25(23)27-24(30(33)3)19-13-15-20(26)16-14-19/h4-16H,1-3H3,(H,29,32)/t33-/m0/s1. The highest BCUT2D eigenvalue weighted by molar-refractivity contribution is 7.72. The van der Waals surface area contributed by atoms with Crippen LogP contribution >= 0.6 is 7.44 Å². The lowest BCUT2D eigenvalue weighted by Crippen LogP contribution is -2.36. The Kier molecular flexibility index (Phi) is 5.14. The van der Waals surface area contributed by atoms with Crippen LogP contribution in [0.1, 0.15) is 16.8 Å². The van der Waals surface area contributed by atoms with Gasteiger partial charge in [0.15, 0.2) is 5.82 Å². The summed E-state index contributed by atoms with van der Waals surface area (Å²) in [6.07, 6.45) is 0. The van der Waals surface area contributed by atoms with Crippen molar-refractivity contribution in [3.8, 4) is 5.69 Å². The van der Waals surface area contributed by atoms with Crippen LogP contribution in [0.25, 0.3) is 5.69 Å². The summed E-state index contributed by atoms with van der Waals surface area (Å²) in [5, 5.41) is 8.59. The number of nitrogens with one attached hydrogen (secondary N) is 1. The topological polar surface area (TPSA) is 62.5 Å². The number of halogens is 1. The first kappa shape index (κ1) is 21.2. The second-order valence-electron chi connectivity index (χ2n) is 7.97. The number of aryl methyl sites for hydroxylation is 2. The van der Waals surface area contributed by atoms with Crippen LogP contribution in [0.15, 0.2) is 83.9 Å². The fourth-order valence-electron chi connectivity index (χ4n) is 4.01. The van der Waals surface area contributed by atoms with E-state index in [0.29, 0.717) is 28.2 Å². The summed E-state index contributed by atoms with van der Waals surface area (Å²) in [5.41, 5.74) is 3.85. The first-order chi connectivity index (χ1) is 15.9. The van der Waals surface area contributed by atoms with Crippen molar-refractivity contribution in [2.45, 2.75) is 13.8 Å². The SMILES string of the molecule is Cc1ccccc1N[P@@]1(=O)c2c(C)nn(-c3ccccc3)c2N=C(c2ccc(F)cc2)N1C. The maximum Gasteiger partial charge on any atom is 0.296 e. The number of amidine groups is 1. The number of aliphatic imine (C=N–C) groups is 1. The molecule has 4 aromatic rings. The van der Waals surface area contributed by atoms with Crippen molar-refractivity contribution < 1.29 is 8.96 Å². The van der Waals surface area contributed by atoms with Crippen molar-refractivity contribution in [2.75, 3.05) is 12.1 Å². The zero-order chi connectivity index (χ0) is 23.2. The molecule has 1 aliphatic heterocycles. The summed E-state index contributed by atoms with van der Waals surface area (Å²) >= 11 is 0. The third kappa shape index (κ3) is 3.55. The number of hydrogen-bond acceptors (Lipinski definition) is 3. The molecular weight excluding hydrogens is 436 g/mol. The minimum Gasteiger partial charge on any atom is -0.316 e. The smallest absolute Gasteiger partial charge is 0.296 e. The molecule has 0 aliphatic carbocycles. The van der Waals surface area contributed by atoms with E-state index in [1.165, 1.54) is 12.1 Å². The van der Waals surface area contributed by atoms with E-state index in [1.54, 1.807) is 28.5 Å². The van der Waals surface area contributed by atoms with E-state index in [1.807, 2.05) is 68.4 Å². The van der Waals surface area contributed by atoms with E-state index in [0.717, 1.165) is 16.9 Å². The molecule has 2 heterocycles. The van der Waals surface area contributed by atoms with Gasteiger partial charge >= 0.3 is 0 Å². The van der Waals surface area contributed by atoms with Crippen molar-refractivity contribution in [2.24, 2.45) is 4.99 Å². The van der Waals surface area contributed by atoms with Gasteiger partial charge in [-0.05, 0) is 61.9 Å². The van der Waals surface area contributed by atoms with Crippen LogP contribution in [0.3, 0.4) is 0 Å². The predicted octanol–water partition coefficient (Wildman–Crippen LogP) is 5.58. The number of fused-ring (bicyclic) bond motifs is 1. The van der Waals surface area contributed by atoms with Crippen molar-refractivity contribution in [1.29, 1.82) is 0 Å². The van der Waals surface area contributed by atoms with Gasteiger partial charge in [-0.1, -0.05) is 36.4 Å². The molecule has 3 aromatic carbocycles. The first-order valence-electron chi connectivity index (χ1n) is 10.6. The number of anilines is 1. The molecule has 1 N–H and O–H groups in total. The number of para-hydroxylation sites is 2. The average Bonchev–Trinajstić information content (AvgIpc) is 3.16. The van der Waals surface area contributed by atoms with Crippen LogP contribution in [0, 0.1) is 19.7 Å². The molecule has 0 amide bonds. The second kappa shape index (κ2) is 8.01. The summed E-state index contributed by atoms with van der Waals surface area (Å²) in [6, 6.07) is 23.4. The molecule has 0 spiro atoms. The maximum atomic E-state index is 14.8. The van der Waals surface area contributed by atoms with Gasteiger partial charge in [0.25, 0.3) is 7.44 Å². The van der Waals surface area contributed by atoms with Gasteiger partial charge in [0, 0.05) is 18.3 Å². The highest BCUT2D eigenvalue weighted by Gasteiger charge is 2.43. The molecule has 0 bridgehead atoms. The number of nitrogens with zero attached hydrogens (tertiary/aromatic N) is 4. The van der Waals surface area contributed by atoms with Crippen molar-refractivity contribution in [1.82, 2.24) is 14.5 Å². The van der Waals surface area contributed by atoms with Crippen LogP contribution in [-0.4, -0.2) is 27.3 Å². The normalized spacial score (nSPS) is 17.5. The minimum absolute atomic E-state index is 0.343. The second-order valence-corrected chi connectivity index (χ2v) is 10.4. The summed E-state index contributed by atoms with van der Waals surface area (Å²) in [6.45, 7) is 3.81. The van der Waals surface area contributed by atoms with Gasteiger partial charge in [-0.15, -0.1) is 0 Å². The number of aromatic nitrogens is 2. The summed E-state index contributed by atoms with van der Waals surface area (Å²) < 4.78 is 31.8. The van der Waals surface area contributed by atoms with Gasteiger partial charge < -0.3 is 5.09 Å². The minimum atomic E-state index is -3.44. The lowest BCUT2D eigenvalue weighted by Gasteiger charge is -2.35. The highest BCUT2D eigenvalue weighted by atomic mass is 31.2. The number of rotatable bonds is 4. The Balaban J connectivity index is 1.76. The van der Waals surface area contributed by atoms with Crippen molar-refractivity contribution >= 4 is 30.1 Å². The molecule has 8 heteroatoms. The molecule has 0 saturated carbocycles. The largest absolute Gasteiger partial charge is 0.316 e. The Hall–Kier alpha value is -3.70. The quantitative estimate of drug-likeness (QED) is 0.405. The van der Waals surface area contributed by atoms with Gasteiger partial charge in [-0.3, -0.25) is 9.24 Å². The molecule has 1 atom stereocenters. The fourth-order valence-corrected chi connectivity index (χ4v) is 6.48. The van der Waals surface area contributed by atoms with Crippen LogP contribution in [0.2, 0.25) is 0 Å². The van der Waals surface area contributed by atoms with Crippen molar-refractivity contribution in [3.05, 3.63) is 102 Å². The number of hydrogen-bond donors (Lipinski definition) is 1. The lowest BCUT2D eigenvalue weighted by atomic mass is 10.2. The third-order valence-corrected chi connectivity index (χ3v) is 8.48. The van der Waals surface area contributed by atoms with E-state index in [2.05, 4.69) is 5.09 Å². The highest BCUT2D eigenvalue weighted by Crippen LogP contribution is 2.54. The van der Waals surface area contributed by atoms with Crippen LogP contribution < -0.4 is 10.4 Å². The molecule has 0 unspecified atom stereocenters. The van der Waals surface area contributed by atoms with E-state index in [9.17, 15) is 8.96 Å². The molecule has 166 valence electrons. The molecule has 1 aromatic heterocycles. The first-order valence-corrected chi connectivity index (χ1v) is 12.2. The Morgan fingerprint density at radius 3 is 2.27 bits per heavy atom. The summed E-state index contributed by atoms with van der Waals surface area (Å²) in [7, 11) is -1.69. The molecule has 0 fully saturated rings. The molecule has 6 nitrogen and oxygen atoms in total. The van der Waals surface area contributed by atoms with Gasteiger partial charge in [0.05, 0.1) is 11.4 Å². The van der Waals surface area contributed by atoms with Crippen LogP contribution in [0.4, 0.5) is 15.9 Å². The van der Waals surface area contributed by atoms with E-state index in [4.69, 9.17) is 10.1 Å². The molecule has 1 aliphatic rings. The van der Waals surface area contributed by atoms with Crippen molar-refractivity contribution in [3.63, 3.8) is 0 Å². The van der Waals surface area contributed by atoms with E-state index < -0.39 is 7.44 Å². The Bertz CT molecular complexity index is 1410. The number of benzene rings is 3. The third-order valence-electron chi connectivity index (χ3n) is 5.77. The maximum absolute atomic E-state index is 14.8. The fraction of sp³-hybridized carbons (Fsp3) is 0.120. The summed E-state index contributed by atoms with van der Waals surface area (Å²) in [5.74, 6) is 0.634. The van der Waals surface area contributed by atoms with Gasteiger partial charge in [0.1, 0.15) is 17.0 Å². The predicted molar refractivity (Wildman–Crippen MR) is 131 cm³/mol. The molecule has 5 rings (SSSR count). The van der Waals surface area contributed by atoms with Gasteiger partial charge in [0.2, 0.25) is 0 Å². The zero-order valence-electron chi connectivity index (χ0n) is 18.5. The lowest BCUT2D eigenvalue weighted by molar-refractivity contribution is 0.553. The Morgan fingerprint density at radius 1 is 0.909 bits per heavy atom. The Labute approximate surface area is 191 Å². The molecular formula is C25H23FN5OP. The Morgan fingerprint density at radius 2 is 1.58 bits per heavy atom. The average molecular weight is 459 g/mol. The van der Waals surface area contributed by atoms with E-state index in [-0.39, 0.29) is 5.82 Å². The monoisotopic (exact) mass is 459 g/mol. The van der Waals surface area contributed by atoms with Crippen LogP contribution in [-0.2, 0) is 4.57 Å². The summed E-state index contributed by atoms with van der Waals surface area (Å²) in [4.78, 5) is 4.89. The molecule has 0 saturated heterocycles. The van der Waals surface area contributed by atoms with E-state index >= 15 is 0 Å². The zero-order valence-corrected chi connectivity index (χ0v) is 19.4. The van der Waals surface area contributed by atoms with Gasteiger partial charge in [-0.25, -0.2) is 14.1 Å². The van der Waals surface area contributed by atoms with Crippen LogP contribution in [0.5, 0.6) is 0 Å². The molecule has 33 heavy (non-hydrogen) atoms.